The van der Waals surface area contributed by atoms with E-state index in [9.17, 15) is 0 Å². The number of hydrogen-bond acceptors (Lipinski definition) is 6. The van der Waals surface area contributed by atoms with Gasteiger partial charge in [-0.2, -0.15) is 0 Å². The number of hydrogen-bond donors (Lipinski definition) is 0. The van der Waals surface area contributed by atoms with Crippen LogP contribution in [0.15, 0.2) is 146 Å². The van der Waals surface area contributed by atoms with E-state index in [0.717, 1.165) is 62.8 Å². The summed E-state index contributed by atoms with van der Waals surface area (Å²) in [5.74, 6) is 7.51. The van der Waals surface area contributed by atoms with Crippen molar-refractivity contribution in [3.8, 4) is 46.0 Å². The summed E-state index contributed by atoms with van der Waals surface area (Å²) in [6.45, 7) is 0. The molecule has 0 saturated heterocycles. The van der Waals surface area contributed by atoms with Crippen molar-refractivity contribution in [2.45, 2.75) is 0 Å². The first-order valence-corrected chi connectivity index (χ1v) is 25.7. The molecule has 8 aromatic rings. The molecule has 0 amide bonds. The summed E-state index contributed by atoms with van der Waals surface area (Å²) < 4.78 is 35.6. The average molecular weight is 816 g/mol. The molecule has 8 heteroatoms. The van der Waals surface area contributed by atoms with E-state index < -0.39 is 28.7 Å². The molecule has 6 aliphatic rings. The number of nitrogens with zero attached hydrogens (tertiary/aromatic N) is 2. The number of fused-ring (bicyclic) bond motifs is 3. The van der Waals surface area contributed by atoms with Crippen LogP contribution in [0.5, 0.6) is 46.0 Å². The Balaban J connectivity index is 1.17. The van der Waals surface area contributed by atoms with Gasteiger partial charge in [-0.25, -0.2) is 0 Å². The predicted octanol–water partition coefficient (Wildman–Crippen LogP) is 7.33. The molecule has 14 rings (SSSR count). The first-order valence-electron chi connectivity index (χ1n) is 18.4. The zero-order chi connectivity index (χ0) is 34.8. The summed E-state index contributed by atoms with van der Waals surface area (Å²) >= 11 is -5.57. The van der Waals surface area contributed by atoms with Crippen LogP contribution in [-0.4, -0.2) is 28.7 Å². The van der Waals surface area contributed by atoms with E-state index in [4.69, 9.17) is 18.9 Å². The molecule has 0 fully saturated rings. The van der Waals surface area contributed by atoms with Crippen molar-refractivity contribution >= 4 is 100.0 Å². The number of para-hydroxylation sites is 2. The van der Waals surface area contributed by atoms with Crippen LogP contribution in [0, 0.1) is 0 Å². The molecule has 6 nitrogen and oxygen atoms in total. The Hall–Kier alpha value is -6.09. The summed E-state index contributed by atoms with van der Waals surface area (Å²) in [7, 11) is 0. The average Bonchev–Trinajstić information content (AvgIpc) is 3.22. The van der Waals surface area contributed by atoms with Crippen molar-refractivity contribution in [1.82, 2.24) is 0 Å². The molecule has 54 heavy (non-hydrogen) atoms. The van der Waals surface area contributed by atoms with Crippen LogP contribution in [0.3, 0.4) is 0 Å². The maximum absolute atomic E-state index is 7.25. The van der Waals surface area contributed by atoms with E-state index in [-0.39, 0.29) is 0 Å². The van der Waals surface area contributed by atoms with Crippen LogP contribution in [-0.2, 0) is 0 Å². The number of rotatable bonds is 2. The van der Waals surface area contributed by atoms with Gasteiger partial charge in [0.2, 0.25) is 0 Å². The van der Waals surface area contributed by atoms with Gasteiger partial charge in [0, 0.05) is 0 Å². The molecule has 6 heterocycles. The van der Waals surface area contributed by atoms with Crippen LogP contribution >= 0.6 is 0 Å². The van der Waals surface area contributed by atoms with Gasteiger partial charge in [0.05, 0.1) is 0 Å². The quantitative estimate of drug-likeness (QED) is 0.171. The van der Waals surface area contributed by atoms with Crippen LogP contribution in [0.4, 0.5) is 34.1 Å². The molecule has 6 aliphatic heterocycles. The topological polar surface area (TPSA) is 43.4 Å². The van der Waals surface area contributed by atoms with Gasteiger partial charge in [0.25, 0.3) is 0 Å². The molecule has 0 radical (unpaired) electrons. The Morgan fingerprint density at radius 3 is 1.43 bits per heavy atom. The standard InChI is InChI=1S/C46H26Ge2N2O4/c1-3-11-25(12-4-1)49-29-15-7-17-32-39(29)47-41-31(49)23-27-28(46(41)54-37-22-10-20-35(51-32)43(37)47)24-38-44-45(27)50(26-13-5-2-6-14-26)30-16-8-18-33-40(30)48(44)42-34(52-33)19-9-21-36(42)53-38/h1-24,47-48H. The predicted molar refractivity (Wildman–Crippen MR) is 219 cm³/mol. The van der Waals surface area contributed by atoms with Gasteiger partial charge in [-0.1, -0.05) is 0 Å². The van der Waals surface area contributed by atoms with Gasteiger partial charge in [0.1, 0.15) is 0 Å². The van der Waals surface area contributed by atoms with Crippen molar-refractivity contribution in [2.24, 2.45) is 0 Å². The third-order valence-electron chi connectivity index (χ3n) is 12.1. The maximum atomic E-state index is 7.25. The van der Waals surface area contributed by atoms with Crippen molar-refractivity contribution in [1.29, 1.82) is 0 Å². The molecule has 0 saturated carbocycles. The number of anilines is 6. The minimum atomic E-state index is -2.79. The van der Waals surface area contributed by atoms with Gasteiger partial charge >= 0.3 is 320 Å². The van der Waals surface area contributed by atoms with Gasteiger partial charge < -0.3 is 0 Å². The Labute approximate surface area is 318 Å². The normalized spacial score (nSPS) is 17.4. The molecular formula is C46H26Ge2N2O4. The summed E-state index contributed by atoms with van der Waals surface area (Å²) in [6.07, 6.45) is 0. The Kier molecular flexibility index (Phi) is 5.21. The number of benzene rings is 8. The SMILES string of the molecule is c1ccc(N2c3cccc4[c]3[GeH]3[c]5c(cccc5Oc5[c]3c2cc2c3[c]6c(cc52)Oc2cccc5[c]2[GeH]6[c]2c(cccc2N3c2ccccc2)O5)O4)cc1. The molecule has 0 N–H and O–H groups in total. The van der Waals surface area contributed by atoms with Crippen molar-refractivity contribution in [3.05, 3.63) is 146 Å². The fourth-order valence-electron chi connectivity index (χ4n) is 10.1. The molecule has 0 bridgehead atoms. The fourth-order valence-corrected chi connectivity index (χ4v) is 25.6. The molecule has 0 spiro atoms. The minimum absolute atomic E-state index is 0.913. The second-order valence-electron chi connectivity index (χ2n) is 14.7. The van der Waals surface area contributed by atoms with E-state index >= 15 is 0 Å². The van der Waals surface area contributed by atoms with Crippen LogP contribution in [0.25, 0.3) is 10.8 Å². The van der Waals surface area contributed by atoms with Crippen LogP contribution in [0.1, 0.15) is 0 Å². The fraction of sp³-hybridized carbons (Fsp3) is 0. The molecular weight excluding hydrogens is 790 g/mol. The molecule has 8 aromatic carbocycles. The van der Waals surface area contributed by atoms with E-state index in [1.54, 1.807) is 0 Å². The Morgan fingerprint density at radius 1 is 0.333 bits per heavy atom. The van der Waals surface area contributed by atoms with Crippen LogP contribution < -0.4 is 55.1 Å². The monoisotopic (exact) mass is 818 g/mol. The van der Waals surface area contributed by atoms with E-state index in [1.165, 1.54) is 54.5 Å². The molecule has 2 unspecified atom stereocenters. The summed E-state index contributed by atoms with van der Waals surface area (Å²) in [5.41, 5.74) is 7.00. The molecule has 2 atom stereocenters. The van der Waals surface area contributed by atoms with Gasteiger partial charge in [-0.3, -0.25) is 0 Å². The Morgan fingerprint density at radius 2 is 0.815 bits per heavy atom. The zero-order valence-corrected chi connectivity index (χ0v) is 33.4. The summed E-state index contributed by atoms with van der Waals surface area (Å²) in [5, 5.41) is 2.25. The molecule has 252 valence electrons. The van der Waals surface area contributed by atoms with E-state index in [2.05, 4.69) is 155 Å². The van der Waals surface area contributed by atoms with Crippen molar-refractivity contribution in [3.63, 3.8) is 0 Å². The third kappa shape index (κ3) is 3.36. The first kappa shape index (κ1) is 28.4. The second kappa shape index (κ2) is 9.90. The number of ether oxygens (including phenoxy) is 4. The zero-order valence-electron chi connectivity index (χ0n) is 28.5. The Bertz CT molecular complexity index is 3010. The van der Waals surface area contributed by atoms with Crippen LogP contribution in [0.2, 0.25) is 0 Å². The molecule has 0 aromatic heterocycles. The van der Waals surface area contributed by atoms with Crippen molar-refractivity contribution in [2.75, 3.05) is 9.80 Å². The van der Waals surface area contributed by atoms with Gasteiger partial charge in [-0.05, 0) is 0 Å². The van der Waals surface area contributed by atoms with E-state index in [1.807, 2.05) is 0 Å². The summed E-state index contributed by atoms with van der Waals surface area (Å²) in [4.78, 5) is 4.93. The van der Waals surface area contributed by atoms with Crippen molar-refractivity contribution < 1.29 is 18.9 Å². The molecule has 0 aliphatic carbocycles. The third-order valence-corrected chi connectivity index (χ3v) is 26.5. The van der Waals surface area contributed by atoms with Gasteiger partial charge in [0.15, 0.2) is 0 Å². The second-order valence-corrected chi connectivity index (χ2v) is 25.6. The van der Waals surface area contributed by atoms with E-state index in [0.29, 0.717) is 0 Å². The summed E-state index contributed by atoms with van der Waals surface area (Å²) in [6, 6.07) is 52.1. The van der Waals surface area contributed by atoms with Gasteiger partial charge in [-0.15, -0.1) is 0 Å². The first-order chi connectivity index (χ1) is 26.8.